The summed E-state index contributed by atoms with van der Waals surface area (Å²) >= 11 is 0. The van der Waals surface area contributed by atoms with Crippen LogP contribution in [0.2, 0.25) is 0 Å². The zero-order valence-corrected chi connectivity index (χ0v) is 7.45. The molecular formula is C10H6FNO3. The van der Waals surface area contributed by atoms with Gasteiger partial charge in [0, 0.05) is 11.5 Å². The molecule has 0 radical (unpaired) electrons. The van der Waals surface area contributed by atoms with Gasteiger partial charge in [0.15, 0.2) is 0 Å². The molecule has 0 aliphatic heterocycles. The molecule has 2 N–H and O–H groups in total. The molecule has 0 saturated carbocycles. The van der Waals surface area contributed by atoms with Crippen LogP contribution in [0.25, 0.3) is 10.9 Å². The van der Waals surface area contributed by atoms with Crippen molar-refractivity contribution in [3.63, 3.8) is 0 Å². The Labute approximate surface area is 82.6 Å². The van der Waals surface area contributed by atoms with Crippen molar-refractivity contribution < 1.29 is 9.50 Å². The summed E-state index contributed by atoms with van der Waals surface area (Å²) in [5.74, 6) is -1.12. The lowest BCUT2D eigenvalue weighted by Gasteiger charge is -1.95. The number of hydrogen-bond donors (Lipinski definition) is 2. The Balaban J connectivity index is 3.17. The Bertz CT molecular complexity index is 648. The number of nitrogens with one attached hydrogen (secondary N) is 1. The van der Waals surface area contributed by atoms with Crippen molar-refractivity contribution in [2.75, 3.05) is 0 Å². The molecule has 76 valence electrons. The van der Waals surface area contributed by atoms with Gasteiger partial charge < -0.3 is 10.1 Å². The highest BCUT2D eigenvalue weighted by molar-refractivity contribution is 5.84. The van der Waals surface area contributed by atoms with E-state index in [1.54, 1.807) is 0 Å². The van der Waals surface area contributed by atoms with Crippen molar-refractivity contribution >= 4 is 10.9 Å². The van der Waals surface area contributed by atoms with E-state index in [1.807, 2.05) is 0 Å². The summed E-state index contributed by atoms with van der Waals surface area (Å²) < 4.78 is 13.3. The van der Waals surface area contributed by atoms with Gasteiger partial charge >= 0.3 is 0 Å². The van der Waals surface area contributed by atoms with E-state index in [2.05, 4.69) is 4.98 Å². The van der Waals surface area contributed by atoms with Crippen molar-refractivity contribution in [1.29, 1.82) is 0 Å². The van der Waals surface area contributed by atoms with E-state index in [4.69, 9.17) is 0 Å². The number of benzene rings is 1. The fraction of sp³-hybridized carbons (Fsp3) is 0. The van der Waals surface area contributed by atoms with Crippen molar-refractivity contribution in [3.8, 4) is 5.75 Å². The van der Waals surface area contributed by atoms with E-state index < -0.39 is 22.6 Å². The standard InChI is InChI=1S/C10H6FNO3/c11-6-3-1-2-5-7(13)4-8(14)10(15)12-9(5)6/h1-4,13H,(H,12,14,15). The van der Waals surface area contributed by atoms with E-state index in [1.165, 1.54) is 12.1 Å². The zero-order valence-electron chi connectivity index (χ0n) is 7.45. The lowest BCUT2D eigenvalue weighted by atomic mass is 10.2. The van der Waals surface area contributed by atoms with Crippen molar-refractivity contribution in [2.24, 2.45) is 0 Å². The molecule has 15 heavy (non-hydrogen) atoms. The summed E-state index contributed by atoms with van der Waals surface area (Å²) in [4.78, 5) is 24.2. The number of H-pyrrole nitrogens is 1. The van der Waals surface area contributed by atoms with E-state index in [-0.39, 0.29) is 10.9 Å². The second kappa shape index (κ2) is 3.20. The summed E-state index contributed by atoms with van der Waals surface area (Å²) in [6.07, 6.45) is 0. The summed E-state index contributed by atoms with van der Waals surface area (Å²) in [6.45, 7) is 0. The normalized spacial score (nSPS) is 10.5. The molecule has 4 nitrogen and oxygen atoms in total. The second-order valence-corrected chi connectivity index (χ2v) is 3.01. The first kappa shape index (κ1) is 9.39. The van der Waals surface area contributed by atoms with Gasteiger partial charge in [0.25, 0.3) is 5.56 Å². The molecule has 5 heteroatoms. The van der Waals surface area contributed by atoms with Crippen molar-refractivity contribution in [1.82, 2.24) is 4.98 Å². The van der Waals surface area contributed by atoms with Gasteiger partial charge in [-0.3, -0.25) is 9.59 Å². The molecule has 0 aliphatic rings. The number of para-hydroxylation sites is 1. The highest BCUT2D eigenvalue weighted by Crippen LogP contribution is 2.20. The molecular weight excluding hydrogens is 201 g/mol. The molecule has 0 saturated heterocycles. The van der Waals surface area contributed by atoms with E-state index in [0.717, 1.165) is 12.1 Å². The van der Waals surface area contributed by atoms with E-state index in [0.29, 0.717) is 0 Å². The van der Waals surface area contributed by atoms with Gasteiger partial charge in [-0.2, -0.15) is 0 Å². The molecule has 0 fully saturated rings. The monoisotopic (exact) mass is 207 g/mol. The molecule has 1 aromatic heterocycles. The van der Waals surface area contributed by atoms with Crippen molar-refractivity contribution in [2.45, 2.75) is 0 Å². The number of aromatic hydroxyl groups is 1. The summed E-state index contributed by atoms with van der Waals surface area (Å²) in [7, 11) is 0. The minimum absolute atomic E-state index is 0.0919. The third-order valence-electron chi connectivity index (χ3n) is 2.02. The SMILES string of the molecule is O=c1cc(O)c2cccc(F)c2[nH]c1=O. The molecule has 0 aliphatic carbocycles. The third-order valence-corrected chi connectivity index (χ3v) is 2.02. The fourth-order valence-electron chi connectivity index (χ4n) is 1.31. The van der Waals surface area contributed by atoms with E-state index in [9.17, 15) is 19.1 Å². The van der Waals surface area contributed by atoms with Gasteiger partial charge in [0.1, 0.15) is 11.6 Å². The summed E-state index contributed by atoms with van der Waals surface area (Å²) in [6, 6.07) is 4.67. The Morgan fingerprint density at radius 1 is 1.27 bits per heavy atom. The molecule has 2 aromatic rings. The molecule has 0 amide bonds. The van der Waals surface area contributed by atoms with Crippen LogP contribution in [0.5, 0.6) is 5.75 Å². The van der Waals surface area contributed by atoms with Crippen LogP contribution in [0, 0.1) is 5.82 Å². The zero-order chi connectivity index (χ0) is 11.0. The Hall–Kier alpha value is -2.17. The van der Waals surface area contributed by atoms with Gasteiger partial charge in [0.2, 0.25) is 5.43 Å². The lowest BCUT2D eigenvalue weighted by Crippen LogP contribution is -2.22. The van der Waals surface area contributed by atoms with Crippen molar-refractivity contribution in [3.05, 3.63) is 50.7 Å². The molecule has 2 rings (SSSR count). The summed E-state index contributed by atoms with van der Waals surface area (Å²) in [5.41, 5.74) is -2.06. The second-order valence-electron chi connectivity index (χ2n) is 3.01. The smallest absolute Gasteiger partial charge is 0.296 e. The molecule has 0 bridgehead atoms. The molecule has 0 spiro atoms. The number of aromatic nitrogens is 1. The highest BCUT2D eigenvalue weighted by atomic mass is 19.1. The van der Waals surface area contributed by atoms with Crippen LogP contribution >= 0.6 is 0 Å². The number of aromatic amines is 1. The minimum Gasteiger partial charge on any atom is -0.507 e. The fourth-order valence-corrected chi connectivity index (χ4v) is 1.31. The van der Waals surface area contributed by atoms with Crippen LogP contribution in [0.15, 0.2) is 33.9 Å². The first-order valence-electron chi connectivity index (χ1n) is 4.14. The van der Waals surface area contributed by atoms with E-state index >= 15 is 0 Å². The minimum atomic E-state index is -0.967. The van der Waals surface area contributed by atoms with Crippen LogP contribution in [-0.2, 0) is 0 Å². The molecule has 0 atom stereocenters. The maximum atomic E-state index is 13.3. The maximum Gasteiger partial charge on any atom is 0.296 e. The van der Waals surface area contributed by atoms with Crippen LogP contribution < -0.4 is 11.0 Å². The first-order chi connectivity index (χ1) is 7.09. The quantitative estimate of drug-likeness (QED) is 0.626. The van der Waals surface area contributed by atoms with Crippen LogP contribution in [-0.4, -0.2) is 10.1 Å². The predicted octanol–water partition coefficient (Wildman–Crippen LogP) is 0.733. The van der Waals surface area contributed by atoms with Gasteiger partial charge in [-0.1, -0.05) is 6.07 Å². The highest BCUT2D eigenvalue weighted by Gasteiger charge is 2.05. The number of hydrogen-bond acceptors (Lipinski definition) is 3. The Kier molecular flexibility index (Phi) is 2.00. The summed E-state index contributed by atoms with van der Waals surface area (Å²) in [5, 5.41) is 9.53. The van der Waals surface area contributed by atoms with Gasteiger partial charge in [-0.05, 0) is 12.1 Å². The topological polar surface area (TPSA) is 70.2 Å². The number of rotatable bonds is 0. The molecule has 0 unspecified atom stereocenters. The average molecular weight is 207 g/mol. The van der Waals surface area contributed by atoms with Crippen LogP contribution in [0.1, 0.15) is 0 Å². The van der Waals surface area contributed by atoms with Gasteiger partial charge in [-0.25, -0.2) is 4.39 Å². The van der Waals surface area contributed by atoms with Gasteiger partial charge in [0.05, 0.1) is 5.52 Å². The average Bonchev–Trinajstić information content (AvgIpc) is 2.29. The number of fused-ring (bicyclic) bond motifs is 1. The molecule has 1 heterocycles. The maximum absolute atomic E-state index is 13.3. The largest absolute Gasteiger partial charge is 0.507 e. The molecule has 1 aromatic carbocycles. The Morgan fingerprint density at radius 2 is 2.00 bits per heavy atom. The van der Waals surface area contributed by atoms with Crippen LogP contribution in [0.3, 0.4) is 0 Å². The predicted molar refractivity (Wildman–Crippen MR) is 52.5 cm³/mol. The van der Waals surface area contributed by atoms with Gasteiger partial charge in [-0.15, -0.1) is 0 Å². The lowest BCUT2D eigenvalue weighted by molar-refractivity contribution is 0.481. The number of halogens is 1. The first-order valence-corrected chi connectivity index (χ1v) is 4.14. The Morgan fingerprint density at radius 3 is 2.73 bits per heavy atom. The van der Waals surface area contributed by atoms with Crippen LogP contribution in [0.4, 0.5) is 4.39 Å². The third kappa shape index (κ3) is 1.48.